The Kier molecular flexibility index (Phi) is 3.84. The van der Waals surface area contributed by atoms with Gasteiger partial charge in [0.1, 0.15) is 0 Å². The molecular formula is C13H23N3O. The molecule has 1 atom stereocenters. The van der Waals surface area contributed by atoms with Crippen LogP contribution in [0.1, 0.15) is 50.9 Å². The van der Waals surface area contributed by atoms with Crippen LogP contribution in [0.25, 0.3) is 0 Å². The van der Waals surface area contributed by atoms with Crippen LogP contribution in [0.2, 0.25) is 0 Å². The van der Waals surface area contributed by atoms with Gasteiger partial charge in [-0.25, -0.2) is 4.98 Å². The third kappa shape index (κ3) is 2.69. The summed E-state index contributed by atoms with van der Waals surface area (Å²) in [5.41, 5.74) is 7.40. The van der Waals surface area contributed by atoms with Crippen LogP contribution in [-0.2, 0) is 4.74 Å². The van der Waals surface area contributed by atoms with Crippen LogP contribution in [0.3, 0.4) is 0 Å². The quantitative estimate of drug-likeness (QED) is 0.854. The fourth-order valence-corrected chi connectivity index (χ4v) is 2.49. The first-order valence-corrected chi connectivity index (χ1v) is 6.42. The van der Waals surface area contributed by atoms with E-state index in [-0.39, 0.29) is 6.04 Å². The van der Waals surface area contributed by atoms with Gasteiger partial charge in [-0.1, -0.05) is 13.8 Å². The summed E-state index contributed by atoms with van der Waals surface area (Å²) < 4.78 is 7.55. The zero-order valence-corrected chi connectivity index (χ0v) is 11.0. The van der Waals surface area contributed by atoms with Crippen molar-refractivity contribution in [1.29, 1.82) is 0 Å². The standard InChI is InChI=1S/C13H23N3O/c1-9(2)4-12(14)13-7-15-8-16(13)10-5-11(6-10)17-3/h7-12H,4-6,14H2,1-3H3. The van der Waals surface area contributed by atoms with Gasteiger partial charge in [-0.3, -0.25) is 0 Å². The third-order valence-corrected chi connectivity index (χ3v) is 3.60. The van der Waals surface area contributed by atoms with E-state index in [0.29, 0.717) is 18.1 Å². The smallest absolute Gasteiger partial charge is 0.0951 e. The molecule has 1 aliphatic carbocycles. The fourth-order valence-electron chi connectivity index (χ4n) is 2.49. The van der Waals surface area contributed by atoms with Crippen molar-refractivity contribution < 1.29 is 4.74 Å². The lowest BCUT2D eigenvalue weighted by molar-refractivity contribution is 0.00509. The molecule has 0 bridgehead atoms. The molecule has 0 amide bonds. The Hall–Kier alpha value is -0.870. The Morgan fingerprint density at radius 3 is 2.82 bits per heavy atom. The topological polar surface area (TPSA) is 53.1 Å². The average Bonchev–Trinajstić information content (AvgIpc) is 2.63. The summed E-state index contributed by atoms with van der Waals surface area (Å²) >= 11 is 0. The lowest BCUT2D eigenvalue weighted by atomic mass is 9.88. The van der Waals surface area contributed by atoms with Crippen molar-refractivity contribution in [2.24, 2.45) is 11.7 Å². The van der Waals surface area contributed by atoms with Gasteiger partial charge in [-0.2, -0.15) is 0 Å². The SMILES string of the molecule is COC1CC(n2cncc2C(N)CC(C)C)C1. The van der Waals surface area contributed by atoms with Crippen LogP contribution < -0.4 is 5.73 Å². The maximum atomic E-state index is 6.23. The van der Waals surface area contributed by atoms with Crippen LogP contribution in [0.15, 0.2) is 12.5 Å². The van der Waals surface area contributed by atoms with Gasteiger partial charge in [0.05, 0.1) is 18.1 Å². The molecule has 4 nitrogen and oxygen atoms in total. The number of nitrogens with two attached hydrogens (primary N) is 1. The van der Waals surface area contributed by atoms with E-state index in [1.165, 1.54) is 5.69 Å². The molecule has 1 unspecified atom stereocenters. The summed E-state index contributed by atoms with van der Waals surface area (Å²) in [4.78, 5) is 4.25. The second kappa shape index (κ2) is 5.19. The van der Waals surface area contributed by atoms with Crippen molar-refractivity contribution in [3.63, 3.8) is 0 Å². The van der Waals surface area contributed by atoms with Gasteiger partial charge in [0, 0.05) is 25.4 Å². The van der Waals surface area contributed by atoms with E-state index < -0.39 is 0 Å². The van der Waals surface area contributed by atoms with E-state index in [1.807, 2.05) is 12.5 Å². The predicted molar refractivity (Wildman–Crippen MR) is 67.7 cm³/mol. The summed E-state index contributed by atoms with van der Waals surface area (Å²) in [5, 5.41) is 0. The highest BCUT2D eigenvalue weighted by Gasteiger charge is 2.32. The fraction of sp³-hybridized carbons (Fsp3) is 0.769. The van der Waals surface area contributed by atoms with E-state index in [2.05, 4.69) is 23.4 Å². The van der Waals surface area contributed by atoms with Crippen LogP contribution in [0, 0.1) is 5.92 Å². The molecule has 4 heteroatoms. The van der Waals surface area contributed by atoms with E-state index in [9.17, 15) is 0 Å². The van der Waals surface area contributed by atoms with Gasteiger partial charge in [-0.15, -0.1) is 0 Å². The van der Waals surface area contributed by atoms with Crippen LogP contribution in [0.5, 0.6) is 0 Å². The lowest BCUT2D eigenvalue weighted by Gasteiger charge is -2.36. The summed E-state index contributed by atoms with van der Waals surface area (Å²) in [6.07, 6.45) is 7.39. The number of aromatic nitrogens is 2. The minimum absolute atomic E-state index is 0.0964. The minimum Gasteiger partial charge on any atom is -0.381 e. The molecule has 0 radical (unpaired) electrons. The maximum Gasteiger partial charge on any atom is 0.0951 e. The highest BCUT2D eigenvalue weighted by molar-refractivity contribution is 5.08. The monoisotopic (exact) mass is 237 g/mol. The molecule has 0 aliphatic heterocycles. The Labute approximate surface area is 103 Å². The molecule has 1 fully saturated rings. The summed E-state index contributed by atoms with van der Waals surface area (Å²) in [5.74, 6) is 0.612. The van der Waals surface area contributed by atoms with Crippen LogP contribution in [0.4, 0.5) is 0 Å². The lowest BCUT2D eigenvalue weighted by Crippen LogP contribution is -2.34. The third-order valence-electron chi connectivity index (χ3n) is 3.60. The molecule has 0 spiro atoms. The molecule has 0 saturated heterocycles. The van der Waals surface area contributed by atoms with Gasteiger partial charge in [0.2, 0.25) is 0 Å². The largest absolute Gasteiger partial charge is 0.381 e. The Bertz CT molecular complexity index is 355. The maximum absolute atomic E-state index is 6.23. The number of nitrogens with zero attached hydrogens (tertiary/aromatic N) is 2. The van der Waals surface area contributed by atoms with Crippen molar-refractivity contribution in [1.82, 2.24) is 9.55 Å². The Morgan fingerprint density at radius 1 is 1.53 bits per heavy atom. The van der Waals surface area contributed by atoms with Gasteiger partial charge in [0.15, 0.2) is 0 Å². The number of hydrogen-bond acceptors (Lipinski definition) is 3. The van der Waals surface area contributed by atoms with E-state index in [0.717, 1.165) is 19.3 Å². The highest BCUT2D eigenvalue weighted by Crippen LogP contribution is 2.36. The van der Waals surface area contributed by atoms with Crippen LogP contribution >= 0.6 is 0 Å². The molecule has 2 N–H and O–H groups in total. The van der Waals surface area contributed by atoms with E-state index in [1.54, 1.807) is 7.11 Å². The summed E-state index contributed by atoms with van der Waals surface area (Å²) in [6.45, 7) is 4.40. The molecular weight excluding hydrogens is 214 g/mol. The first kappa shape index (κ1) is 12.6. The molecule has 96 valence electrons. The number of hydrogen-bond donors (Lipinski definition) is 1. The molecule has 0 aromatic carbocycles. The molecule has 1 heterocycles. The Balaban J connectivity index is 2.02. The predicted octanol–water partition coefficient (Wildman–Crippen LogP) is 2.28. The van der Waals surface area contributed by atoms with Crippen molar-refractivity contribution in [2.75, 3.05) is 7.11 Å². The minimum atomic E-state index is 0.0964. The van der Waals surface area contributed by atoms with E-state index >= 15 is 0 Å². The Morgan fingerprint density at radius 2 is 2.24 bits per heavy atom. The van der Waals surface area contributed by atoms with Crippen molar-refractivity contribution in [3.05, 3.63) is 18.2 Å². The highest BCUT2D eigenvalue weighted by atomic mass is 16.5. The molecule has 2 rings (SSSR count). The zero-order valence-electron chi connectivity index (χ0n) is 11.0. The normalized spacial score (nSPS) is 25.9. The van der Waals surface area contributed by atoms with E-state index in [4.69, 9.17) is 10.5 Å². The van der Waals surface area contributed by atoms with Crippen molar-refractivity contribution in [2.45, 2.75) is 51.3 Å². The van der Waals surface area contributed by atoms with Gasteiger partial charge < -0.3 is 15.0 Å². The van der Waals surface area contributed by atoms with Crippen LogP contribution in [-0.4, -0.2) is 22.8 Å². The van der Waals surface area contributed by atoms with Crippen molar-refractivity contribution in [3.8, 4) is 0 Å². The van der Waals surface area contributed by atoms with Gasteiger partial charge in [0.25, 0.3) is 0 Å². The molecule has 1 aromatic heterocycles. The average molecular weight is 237 g/mol. The molecule has 1 aliphatic rings. The molecule has 17 heavy (non-hydrogen) atoms. The number of rotatable bonds is 5. The van der Waals surface area contributed by atoms with Crippen molar-refractivity contribution >= 4 is 0 Å². The molecule has 1 saturated carbocycles. The summed E-state index contributed by atoms with van der Waals surface area (Å²) in [6, 6.07) is 0.620. The first-order chi connectivity index (χ1) is 8.11. The second-order valence-corrected chi connectivity index (χ2v) is 5.44. The van der Waals surface area contributed by atoms with Gasteiger partial charge in [-0.05, 0) is 25.2 Å². The molecule has 1 aromatic rings. The second-order valence-electron chi connectivity index (χ2n) is 5.44. The number of methoxy groups -OCH3 is 1. The summed E-state index contributed by atoms with van der Waals surface area (Å²) in [7, 11) is 1.78. The zero-order chi connectivity index (χ0) is 12.4. The number of ether oxygens (including phenoxy) is 1. The number of imidazole rings is 1. The first-order valence-electron chi connectivity index (χ1n) is 6.42. The van der Waals surface area contributed by atoms with Gasteiger partial charge >= 0.3 is 0 Å².